The Morgan fingerprint density at radius 3 is 2.90 bits per heavy atom. The lowest BCUT2D eigenvalue weighted by Crippen LogP contribution is -2.31. The van der Waals surface area contributed by atoms with E-state index < -0.39 is 0 Å². The van der Waals surface area contributed by atoms with Gasteiger partial charge in [0.05, 0.1) is 10.7 Å². The number of anilines is 1. The van der Waals surface area contributed by atoms with Crippen molar-refractivity contribution in [2.45, 2.75) is 51.5 Å². The average molecular weight is 352 g/mol. The number of hydrogen-bond acceptors (Lipinski definition) is 3. The third-order valence-electron chi connectivity index (χ3n) is 4.54. The van der Waals surface area contributed by atoms with Gasteiger partial charge >= 0.3 is 0 Å². The maximum absolute atomic E-state index is 12.5. The van der Waals surface area contributed by atoms with Gasteiger partial charge in [0, 0.05) is 13.1 Å². The molecule has 4 nitrogen and oxygen atoms in total. The van der Waals surface area contributed by atoms with E-state index in [1.54, 1.807) is 10.9 Å². The van der Waals surface area contributed by atoms with Crippen LogP contribution in [0.2, 0.25) is 0 Å². The molecule has 1 saturated carbocycles. The van der Waals surface area contributed by atoms with Gasteiger partial charge in [-0.2, -0.15) is 5.10 Å². The normalized spacial score (nSPS) is 18.4. The topological polar surface area (TPSA) is 46.9 Å². The Morgan fingerprint density at radius 2 is 2.24 bits per heavy atom. The van der Waals surface area contributed by atoms with E-state index in [2.05, 4.69) is 32.4 Å². The Morgan fingerprint density at radius 1 is 1.38 bits per heavy atom. The van der Waals surface area contributed by atoms with Crippen molar-refractivity contribution in [1.82, 2.24) is 9.78 Å². The van der Waals surface area contributed by atoms with Crippen molar-refractivity contribution in [3.63, 3.8) is 0 Å². The van der Waals surface area contributed by atoms with Gasteiger partial charge in [0.2, 0.25) is 0 Å². The second-order valence-corrected chi connectivity index (χ2v) is 6.94. The third kappa shape index (κ3) is 3.57. The highest BCUT2D eigenvalue weighted by atomic mass is 79.9. The van der Waals surface area contributed by atoms with Crippen LogP contribution < -0.4 is 10.9 Å². The number of nitrogens with zero attached hydrogens (tertiary/aromatic N) is 2. The Kier molecular flexibility index (Phi) is 4.78. The molecular weight excluding hydrogens is 330 g/mol. The Labute approximate surface area is 133 Å². The molecule has 1 N–H and O–H groups in total. The minimum atomic E-state index is -0.00308. The van der Waals surface area contributed by atoms with Crippen molar-refractivity contribution in [1.29, 1.82) is 0 Å². The molecule has 21 heavy (non-hydrogen) atoms. The maximum Gasteiger partial charge on any atom is 0.291 e. The molecule has 0 bridgehead atoms. The van der Waals surface area contributed by atoms with E-state index in [4.69, 9.17) is 0 Å². The largest absolute Gasteiger partial charge is 0.379 e. The van der Waals surface area contributed by atoms with Crippen LogP contribution in [0.1, 0.15) is 44.9 Å². The molecule has 0 aliphatic heterocycles. The van der Waals surface area contributed by atoms with Crippen LogP contribution >= 0.6 is 15.9 Å². The molecule has 5 heteroatoms. The Hall–Kier alpha value is -1.10. The first-order valence-corrected chi connectivity index (χ1v) is 8.71. The van der Waals surface area contributed by atoms with Crippen molar-refractivity contribution in [3.8, 4) is 0 Å². The van der Waals surface area contributed by atoms with E-state index in [-0.39, 0.29) is 5.56 Å². The van der Waals surface area contributed by atoms with E-state index >= 15 is 0 Å². The summed E-state index contributed by atoms with van der Waals surface area (Å²) in [7, 11) is 0. The molecule has 0 amide bonds. The van der Waals surface area contributed by atoms with E-state index in [0.29, 0.717) is 11.6 Å². The van der Waals surface area contributed by atoms with Gasteiger partial charge in [-0.05, 0) is 60.4 Å². The zero-order chi connectivity index (χ0) is 14.7. The highest BCUT2D eigenvalue weighted by molar-refractivity contribution is 9.10. The van der Waals surface area contributed by atoms with Crippen LogP contribution in [0.4, 0.5) is 5.69 Å². The summed E-state index contributed by atoms with van der Waals surface area (Å²) in [6.45, 7) is 1.57. The number of aromatic nitrogens is 2. The minimum absolute atomic E-state index is 0.00308. The summed E-state index contributed by atoms with van der Waals surface area (Å²) in [5.41, 5.74) is 2.17. The fourth-order valence-electron chi connectivity index (χ4n) is 2.99. The molecule has 114 valence electrons. The van der Waals surface area contributed by atoms with E-state index in [9.17, 15) is 4.79 Å². The monoisotopic (exact) mass is 351 g/mol. The van der Waals surface area contributed by atoms with Crippen LogP contribution in [0.25, 0.3) is 0 Å². The van der Waals surface area contributed by atoms with Crippen LogP contribution in [0.15, 0.2) is 27.1 Å². The summed E-state index contributed by atoms with van der Waals surface area (Å²) >= 11 is 3.44. The Balaban J connectivity index is 1.64. The summed E-state index contributed by atoms with van der Waals surface area (Å²) in [5, 5.41) is 7.55. The van der Waals surface area contributed by atoms with Crippen molar-refractivity contribution in [2.24, 2.45) is 5.92 Å². The van der Waals surface area contributed by atoms with Crippen LogP contribution in [0.5, 0.6) is 0 Å². The summed E-state index contributed by atoms with van der Waals surface area (Å²) in [5.74, 6) is 0.632. The first-order valence-electron chi connectivity index (χ1n) is 7.91. The van der Waals surface area contributed by atoms with E-state index in [0.717, 1.165) is 24.0 Å². The first kappa shape index (κ1) is 14.8. The molecule has 1 aromatic rings. The van der Waals surface area contributed by atoms with Gasteiger partial charge in [0.15, 0.2) is 0 Å². The predicted molar refractivity (Wildman–Crippen MR) is 88.6 cm³/mol. The molecule has 0 saturated heterocycles. The second-order valence-electron chi connectivity index (χ2n) is 6.08. The molecule has 3 rings (SSSR count). The number of halogens is 1. The molecular formula is C16H22BrN3O. The van der Waals surface area contributed by atoms with Gasteiger partial charge in [0.25, 0.3) is 5.56 Å². The molecule has 2 aliphatic rings. The third-order valence-corrected chi connectivity index (χ3v) is 5.14. The van der Waals surface area contributed by atoms with Gasteiger partial charge in [-0.15, -0.1) is 0 Å². The summed E-state index contributed by atoms with van der Waals surface area (Å²) in [6, 6.07) is 0. The van der Waals surface area contributed by atoms with Gasteiger partial charge in [-0.3, -0.25) is 4.79 Å². The van der Waals surface area contributed by atoms with Crippen molar-refractivity contribution in [2.75, 3.05) is 11.9 Å². The SMILES string of the molecule is O=c1c(NCCC2=CCCC2)c(Br)cnn1CC1CCC1. The minimum Gasteiger partial charge on any atom is -0.379 e. The molecule has 1 aromatic heterocycles. The molecule has 0 spiro atoms. The number of allylic oxidation sites excluding steroid dienone is 1. The average Bonchev–Trinajstić information content (AvgIpc) is 2.93. The van der Waals surface area contributed by atoms with E-state index in [1.807, 2.05) is 0 Å². The smallest absolute Gasteiger partial charge is 0.291 e. The van der Waals surface area contributed by atoms with Crippen LogP contribution in [-0.4, -0.2) is 16.3 Å². The summed E-state index contributed by atoms with van der Waals surface area (Å²) in [6.07, 6.45) is 12.5. The van der Waals surface area contributed by atoms with E-state index in [1.165, 1.54) is 44.1 Å². The fraction of sp³-hybridized carbons (Fsp3) is 0.625. The standard InChI is InChI=1S/C16H22BrN3O/c17-14-10-19-20(11-13-6-3-7-13)16(21)15(14)18-9-8-12-4-1-2-5-12/h4,10,13,18H,1-3,5-9,11H2. The lowest BCUT2D eigenvalue weighted by molar-refractivity contribution is 0.262. The number of rotatable bonds is 6. The van der Waals surface area contributed by atoms with Crippen LogP contribution in [0.3, 0.4) is 0 Å². The highest BCUT2D eigenvalue weighted by Gasteiger charge is 2.20. The summed E-state index contributed by atoms with van der Waals surface area (Å²) < 4.78 is 2.38. The van der Waals surface area contributed by atoms with Crippen LogP contribution in [0, 0.1) is 5.92 Å². The maximum atomic E-state index is 12.5. The van der Waals surface area contributed by atoms with Crippen molar-refractivity contribution < 1.29 is 0 Å². The predicted octanol–water partition coefficient (Wildman–Crippen LogP) is 3.72. The number of nitrogens with one attached hydrogen (secondary N) is 1. The molecule has 0 radical (unpaired) electrons. The molecule has 0 atom stereocenters. The van der Waals surface area contributed by atoms with Gasteiger partial charge in [0.1, 0.15) is 5.69 Å². The zero-order valence-electron chi connectivity index (χ0n) is 12.3. The lowest BCUT2D eigenvalue weighted by atomic mass is 9.85. The summed E-state index contributed by atoms with van der Waals surface area (Å²) in [4.78, 5) is 12.5. The Bertz CT molecular complexity index is 590. The van der Waals surface area contributed by atoms with Crippen molar-refractivity contribution in [3.05, 3.63) is 32.7 Å². The molecule has 1 fully saturated rings. The fourth-order valence-corrected chi connectivity index (χ4v) is 3.39. The molecule has 2 aliphatic carbocycles. The highest BCUT2D eigenvalue weighted by Crippen LogP contribution is 2.27. The second kappa shape index (κ2) is 6.77. The first-order chi connectivity index (χ1) is 10.2. The van der Waals surface area contributed by atoms with Crippen LogP contribution in [-0.2, 0) is 6.54 Å². The van der Waals surface area contributed by atoms with Crippen molar-refractivity contribution >= 4 is 21.6 Å². The zero-order valence-corrected chi connectivity index (χ0v) is 13.9. The quantitative estimate of drug-likeness (QED) is 0.794. The lowest BCUT2D eigenvalue weighted by Gasteiger charge is -2.25. The van der Waals surface area contributed by atoms with Gasteiger partial charge in [-0.1, -0.05) is 18.1 Å². The molecule has 0 unspecified atom stereocenters. The van der Waals surface area contributed by atoms with Gasteiger partial charge in [-0.25, -0.2) is 4.68 Å². The molecule has 1 heterocycles. The molecule has 0 aromatic carbocycles. The van der Waals surface area contributed by atoms with Gasteiger partial charge < -0.3 is 5.32 Å². The number of hydrogen-bond donors (Lipinski definition) is 1.